The number of pyridine rings is 2. The van der Waals surface area contributed by atoms with Gasteiger partial charge >= 0.3 is 0 Å². The summed E-state index contributed by atoms with van der Waals surface area (Å²) in [5.74, 6) is -0.861. The van der Waals surface area contributed by atoms with Crippen molar-refractivity contribution in [3.63, 3.8) is 0 Å². The Morgan fingerprint density at radius 3 is 2.86 bits per heavy atom. The Kier molecular flexibility index (Phi) is 3.31. The summed E-state index contributed by atoms with van der Waals surface area (Å²) in [4.78, 5) is 19.4. The molecule has 0 unspecified atom stereocenters. The van der Waals surface area contributed by atoms with Crippen LogP contribution in [0.25, 0.3) is 10.9 Å². The monoisotopic (exact) mass is 281 g/mol. The van der Waals surface area contributed by atoms with Crippen LogP contribution in [-0.4, -0.2) is 15.9 Å². The number of halogens is 1. The second-order valence-corrected chi connectivity index (χ2v) is 4.75. The number of hydrogen-bond acceptors (Lipinski definition) is 3. The molecule has 0 aliphatic heterocycles. The maximum atomic E-state index is 13.2. The van der Waals surface area contributed by atoms with Gasteiger partial charge in [-0.3, -0.25) is 14.8 Å². The minimum Gasteiger partial charge on any atom is -0.366 e. The third-order valence-electron chi connectivity index (χ3n) is 3.28. The van der Waals surface area contributed by atoms with Crippen molar-refractivity contribution in [1.29, 1.82) is 0 Å². The average molecular weight is 281 g/mol. The van der Waals surface area contributed by atoms with Crippen molar-refractivity contribution in [3.05, 3.63) is 71.4 Å². The van der Waals surface area contributed by atoms with E-state index < -0.39 is 5.91 Å². The summed E-state index contributed by atoms with van der Waals surface area (Å²) in [6.07, 6.45) is 4.84. The van der Waals surface area contributed by atoms with Crippen LogP contribution >= 0.6 is 0 Å². The molecule has 2 aromatic heterocycles. The smallest absolute Gasteiger partial charge is 0.249 e. The lowest BCUT2D eigenvalue weighted by Crippen LogP contribution is -2.14. The highest BCUT2D eigenvalue weighted by molar-refractivity contribution is 5.94. The largest absolute Gasteiger partial charge is 0.366 e. The predicted molar refractivity (Wildman–Crippen MR) is 77.3 cm³/mol. The Morgan fingerprint density at radius 1 is 1.19 bits per heavy atom. The van der Waals surface area contributed by atoms with Gasteiger partial charge in [-0.1, -0.05) is 6.07 Å². The molecule has 104 valence electrons. The number of primary amides is 1. The lowest BCUT2D eigenvalue weighted by molar-refractivity contribution is 0.0999. The van der Waals surface area contributed by atoms with Crippen molar-refractivity contribution in [1.82, 2.24) is 9.97 Å². The van der Waals surface area contributed by atoms with Crippen molar-refractivity contribution in [3.8, 4) is 0 Å². The van der Waals surface area contributed by atoms with Crippen LogP contribution in [0.1, 0.15) is 21.5 Å². The van der Waals surface area contributed by atoms with Crippen LogP contribution in [0.4, 0.5) is 4.39 Å². The van der Waals surface area contributed by atoms with Gasteiger partial charge in [-0.25, -0.2) is 4.39 Å². The van der Waals surface area contributed by atoms with Gasteiger partial charge in [0, 0.05) is 23.3 Å². The molecule has 2 N–H and O–H groups in total. The van der Waals surface area contributed by atoms with Crippen molar-refractivity contribution >= 4 is 16.8 Å². The summed E-state index contributed by atoms with van der Waals surface area (Å²) in [5, 5.41) is 0.719. The minimum absolute atomic E-state index is 0.376. The Balaban J connectivity index is 2.00. The van der Waals surface area contributed by atoms with Gasteiger partial charge in [0.25, 0.3) is 0 Å². The first kappa shape index (κ1) is 13.2. The Bertz CT molecular complexity index is 833. The number of nitrogens with zero attached hydrogens (tertiary/aromatic N) is 2. The van der Waals surface area contributed by atoms with Gasteiger partial charge in [0.15, 0.2) is 0 Å². The van der Waals surface area contributed by atoms with Gasteiger partial charge < -0.3 is 5.73 Å². The fourth-order valence-electron chi connectivity index (χ4n) is 2.29. The second-order valence-electron chi connectivity index (χ2n) is 4.75. The van der Waals surface area contributed by atoms with Gasteiger partial charge in [0.1, 0.15) is 5.82 Å². The van der Waals surface area contributed by atoms with Crippen LogP contribution in [-0.2, 0) is 6.42 Å². The lowest BCUT2D eigenvalue weighted by Gasteiger charge is -2.07. The summed E-state index contributed by atoms with van der Waals surface area (Å²) in [6.45, 7) is 0. The first-order chi connectivity index (χ1) is 10.1. The fraction of sp³-hybridized carbons (Fsp3) is 0.0625. The minimum atomic E-state index is -0.485. The Morgan fingerprint density at radius 2 is 2.05 bits per heavy atom. The zero-order valence-electron chi connectivity index (χ0n) is 11.1. The van der Waals surface area contributed by atoms with E-state index in [-0.39, 0.29) is 5.82 Å². The summed E-state index contributed by atoms with van der Waals surface area (Å²) in [5.41, 5.74) is 8.20. The highest BCUT2D eigenvalue weighted by Crippen LogP contribution is 2.18. The molecule has 0 bridgehead atoms. The normalized spacial score (nSPS) is 10.7. The predicted octanol–water partition coefficient (Wildman–Crippen LogP) is 2.46. The fourth-order valence-corrected chi connectivity index (χ4v) is 2.29. The molecule has 0 saturated heterocycles. The molecule has 0 saturated carbocycles. The molecule has 5 heteroatoms. The van der Waals surface area contributed by atoms with E-state index in [1.165, 1.54) is 18.5 Å². The summed E-state index contributed by atoms with van der Waals surface area (Å²) < 4.78 is 13.2. The van der Waals surface area contributed by atoms with Gasteiger partial charge in [-0.2, -0.15) is 0 Å². The van der Waals surface area contributed by atoms with Crippen LogP contribution in [0.3, 0.4) is 0 Å². The highest BCUT2D eigenvalue weighted by atomic mass is 19.1. The maximum Gasteiger partial charge on any atom is 0.249 e. The van der Waals surface area contributed by atoms with E-state index >= 15 is 0 Å². The number of carbonyl (C=O) groups excluding carboxylic acids is 1. The summed E-state index contributed by atoms with van der Waals surface area (Å²) in [6, 6.07) is 8.60. The molecule has 0 aliphatic rings. The SMILES string of the molecule is NC(=O)c1ccncc1Cc1ccc2ncc(F)cc2c1. The van der Waals surface area contributed by atoms with Crippen LogP contribution < -0.4 is 5.73 Å². The van der Waals surface area contributed by atoms with Gasteiger partial charge in [-0.15, -0.1) is 0 Å². The van der Waals surface area contributed by atoms with E-state index in [0.717, 1.165) is 22.0 Å². The van der Waals surface area contributed by atoms with E-state index in [2.05, 4.69) is 9.97 Å². The van der Waals surface area contributed by atoms with Gasteiger partial charge in [-0.05, 0) is 41.8 Å². The molecule has 0 spiro atoms. The van der Waals surface area contributed by atoms with Crippen LogP contribution in [0.2, 0.25) is 0 Å². The molecule has 0 radical (unpaired) electrons. The summed E-state index contributed by atoms with van der Waals surface area (Å²) >= 11 is 0. The van der Waals surface area contributed by atoms with E-state index in [4.69, 9.17) is 5.73 Å². The Labute approximate surface area is 120 Å². The first-order valence-electron chi connectivity index (χ1n) is 6.40. The maximum absolute atomic E-state index is 13.2. The number of amides is 1. The molecule has 1 amide bonds. The van der Waals surface area contributed by atoms with E-state index in [0.29, 0.717) is 12.0 Å². The van der Waals surface area contributed by atoms with E-state index in [9.17, 15) is 9.18 Å². The molecule has 3 aromatic rings. The molecule has 0 aliphatic carbocycles. The Hall–Kier alpha value is -2.82. The van der Waals surface area contributed by atoms with E-state index in [1.807, 2.05) is 18.2 Å². The van der Waals surface area contributed by atoms with Gasteiger partial charge in [0.05, 0.1) is 11.7 Å². The third kappa shape index (κ3) is 2.72. The molecular weight excluding hydrogens is 269 g/mol. The lowest BCUT2D eigenvalue weighted by atomic mass is 10.0. The second kappa shape index (κ2) is 5.28. The van der Waals surface area contributed by atoms with E-state index in [1.54, 1.807) is 12.3 Å². The van der Waals surface area contributed by atoms with Crippen molar-refractivity contribution in [2.75, 3.05) is 0 Å². The van der Waals surface area contributed by atoms with Crippen molar-refractivity contribution in [2.45, 2.75) is 6.42 Å². The quantitative estimate of drug-likeness (QED) is 0.801. The number of benzene rings is 1. The van der Waals surface area contributed by atoms with Crippen molar-refractivity contribution in [2.24, 2.45) is 5.73 Å². The van der Waals surface area contributed by atoms with Crippen LogP contribution in [0.5, 0.6) is 0 Å². The van der Waals surface area contributed by atoms with Crippen molar-refractivity contribution < 1.29 is 9.18 Å². The molecule has 4 nitrogen and oxygen atoms in total. The molecule has 0 fully saturated rings. The first-order valence-corrected chi connectivity index (χ1v) is 6.40. The topological polar surface area (TPSA) is 68.9 Å². The van der Waals surface area contributed by atoms with Crippen LogP contribution in [0, 0.1) is 5.82 Å². The molecule has 3 rings (SSSR count). The van der Waals surface area contributed by atoms with Gasteiger partial charge in [0.2, 0.25) is 5.91 Å². The number of hydrogen-bond donors (Lipinski definition) is 1. The number of aromatic nitrogens is 2. The highest BCUT2D eigenvalue weighted by Gasteiger charge is 2.09. The summed E-state index contributed by atoms with van der Waals surface area (Å²) in [7, 11) is 0. The molecule has 0 atom stereocenters. The average Bonchev–Trinajstić information content (AvgIpc) is 2.47. The number of fused-ring (bicyclic) bond motifs is 1. The number of nitrogens with two attached hydrogens (primary N) is 1. The zero-order chi connectivity index (χ0) is 14.8. The molecule has 1 aromatic carbocycles. The third-order valence-corrected chi connectivity index (χ3v) is 3.28. The number of carbonyl (C=O) groups is 1. The number of rotatable bonds is 3. The van der Waals surface area contributed by atoms with Crippen LogP contribution in [0.15, 0.2) is 48.9 Å². The standard InChI is InChI=1S/C16H12FN3O/c17-13-7-11-5-10(1-2-15(11)20-9-13)6-12-8-19-4-3-14(12)16(18)21/h1-5,7-9H,6H2,(H2,18,21). The molecular formula is C16H12FN3O. The molecule has 21 heavy (non-hydrogen) atoms. The zero-order valence-corrected chi connectivity index (χ0v) is 11.1. The molecule has 2 heterocycles.